The van der Waals surface area contributed by atoms with E-state index in [-0.39, 0.29) is 18.0 Å². The van der Waals surface area contributed by atoms with Gasteiger partial charge in [-0.2, -0.15) is 5.10 Å². The van der Waals surface area contributed by atoms with Crippen LogP contribution in [0.25, 0.3) is 0 Å². The molecule has 0 aliphatic rings. The van der Waals surface area contributed by atoms with Crippen LogP contribution in [0.1, 0.15) is 53.9 Å². The molecule has 0 radical (unpaired) electrons. The molecule has 0 unspecified atom stereocenters. The first-order valence-corrected chi connectivity index (χ1v) is 11.7. The smallest absolute Gasteiger partial charge is 0.220 e. The normalized spacial score (nSPS) is 13.1. The van der Waals surface area contributed by atoms with Crippen molar-refractivity contribution in [3.63, 3.8) is 0 Å². The van der Waals surface area contributed by atoms with Crippen LogP contribution in [0.5, 0.6) is 0 Å². The minimum absolute atomic E-state index is 0.0109. The van der Waals surface area contributed by atoms with E-state index in [0.29, 0.717) is 12.8 Å². The second kappa shape index (κ2) is 10.5. The number of aromatic nitrogens is 5. The molecule has 3 rings (SSSR count). The molecule has 0 aliphatic heterocycles. The van der Waals surface area contributed by atoms with E-state index in [9.17, 15) is 4.79 Å². The van der Waals surface area contributed by atoms with E-state index >= 15 is 0 Å². The standard InChI is InChI=1S/C23H30N6OS/c1-6-20(22(29-14-24-13-25-29)18-9-7-15(2)8-10-18)28-21(30)12-11-19-16(3)26-23(31-5)27-17(19)4/h7-10,13-14,20,22H,6,11-12H2,1-5H3,(H,28,30)/t20-,22-/m1/s1. The van der Waals surface area contributed by atoms with Crippen molar-refractivity contribution < 1.29 is 4.79 Å². The lowest BCUT2D eigenvalue weighted by Gasteiger charge is -2.28. The van der Waals surface area contributed by atoms with Gasteiger partial charge in [0.15, 0.2) is 5.16 Å². The maximum Gasteiger partial charge on any atom is 0.220 e. The monoisotopic (exact) mass is 438 g/mol. The number of hydrogen-bond acceptors (Lipinski definition) is 6. The Morgan fingerprint density at radius 2 is 1.81 bits per heavy atom. The van der Waals surface area contributed by atoms with E-state index in [2.05, 4.69) is 63.5 Å². The fraction of sp³-hybridized carbons (Fsp3) is 0.435. The largest absolute Gasteiger partial charge is 0.351 e. The molecular formula is C23H30N6OS. The number of hydrogen-bond donors (Lipinski definition) is 1. The van der Waals surface area contributed by atoms with Gasteiger partial charge in [-0.3, -0.25) is 4.79 Å². The molecule has 0 spiro atoms. The maximum atomic E-state index is 12.9. The van der Waals surface area contributed by atoms with E-state index < -0.39 is 0 Å². The summed E-state index contributed by atoms with van der Waals surface area (Å²) in [4.78, 5) is 26.0. The van der Waals surface area contributed by atoms with Crippen molar-refractivity contribution in [2.45, 2.75) is 64.2 Å². The molecule has 2 heterocycles. The first-order chi connectivity index (χ1) is 14.9. The molecule has 2 atom stereocenters. The van der Waals surface area contributed by atoms with Gasteiger partial charge in [-0.1, -0.05) is 48.5 Å². The zero-order chi connectivity index (χ0) is 22.4. The van der Waals surface area contributed by atoms with Gasteiger partial charge in [0.2, 0.25) is 5.91 Å². The SMILES string of the molecule is CC[C@@H](NC(=O)CCc1c(C)nc(SC)nc1C)[C@@H](c1ccc(C)cc1)n1cncn1. The fourth-order valence-corrected chi connectivity index (χ4v) is 4.23. The van der Waals surface area contributed by atoms with Crippen LogP contribution in [0.15, 0.2) is 42.1 Å². The van der Waals surface area contributed by atoms with Crippen molar-refractivity contribution in [2.24, 2.45) is 0 Å². The van der Waals surface area contributed by atoms with Crippen molar-refractivity contribution in [3.8, 4) is 0 Å². The Kier molecular flexibility index (Phi) is 7.79. The molecule has 8 heteroatoms. The van der Waals surface area contributed by atoms with E-state index in [1.165, 1.54) is 23.7 Å². The van der Waals surface area contributed by atoms with Gasteiger partial charge in [-0.25, -0.2) is 19.6 Å². The highest BCUT2D eigenvalue weighted by atomic mass is 32.2. The number of thioether (sulfide) groups is 1. The number of aryl methyl sites for hydroxylation is 3. The van der Waals surface area contributed by atoms with E-state index in [4.69, 9.17) is 0 Å². The van der Waals surface area contributed by atoms with E-state index in [1.807, 2.05) is 24.8 Å². The zero-order valence-corrected chi connectivity index (χ0v) is 19.6. The topological polar surface area (TPSA) is 85.6 Å². The Hall–Kier alpha value is -2.74. The summed E-state index contributed by atoms with van der Waals surface area (Å²) in [7, 11) is 0. The Morgan fingerprint density at radius 1 is 1.13 bits per heavy atom. The molecule has 0 bridgehead atoms. The van der Waals surface area contributed by atoms with Gasteiger partial charge in [-0.05, 0) is 51.0 Å². The van der Waals surface area contributed by atoms with Gasteiger partial charge < -0.3 is 5.32 Å². The Bertz CT molecular complexity index is 980. The summed E-state index contributed by atoms with van der Waals surface area (Å²) >= 11 is 1.53. The average Bonchev–Trinajstić information content (AvgIpc) is 3.28. The second-order valence-electron chi connectivity index (χ2n) is 7.67. The Labute approximate surface area is 188 Å². The minimum Gasteiger partial charge on any atom is -0.351 e. The van der Waals surface area contributed by atoms with Crippen LogP contribution in [-0.2, 0) is 11.2 Å². The van der Waals surface area contributed by atoms with Crippen LogP contribution >= 0.6 is 11.8 Å². The van der Waals surface area contributed by atoms with Crippen LogP contribution in [0.2, 0.25) is 0 Å². The van der Waals surface area contributed by atoms with E-state index in [1.54, 1.807) is 6.33 Å². The minimum atomic E-state index is -0.121. The summed E-state index contributed by atoms with van der Waals surface area (Å²) < 4.78 is 1.82. The number of benzene rings is 1. The highest BCUT2D eigenvalue weighted by molar-refractivity contribution is 7.98. The highest BCUT2D eigenvalue weighted by Crippen LogP contribution is 2.24. The van der Waals surface area contributed by atoms with Gasteiger partial charge in [0.05, 0.1) is 12.1 Å². The first kappa shape index (κ1) is 22.9. The van der Waals surface area contributed by atoms with Crippen LogP contribution in [0.4, 0.5) is 0 Å². The number of nitrogens with one attached hydrogen (secondary N) is 1. The lowest BCUT2D eigenvalue weighted by atomic mass is 9.96. The van der Waals surface area contributed by atoms with Crippen LogP contribution in [-0.4, -0.2) is 42.9 Å². The molecule has 1 aromatic carbocycles. The van der Waals surface area contributed by atoms with Crippen molar-refractivity contribution >= 4 is 17.7 Å². The van der Waals surface area contributed by atoms with Gasteiger partial charge in [-0.15, -0.1) is 0 Å². The fourth-order valence-electron chi connectivity index (χ4n) is 3.78. The van der Waals surface area contributed by atoms with Crippen molar-refractivity contribution in [1.29, 1.82) is 0 Å². The molecule has 0 fully saturated rings. The molecule has 0 saturated heterocycles. The Balaban J connectivity index is 1.74. The quantitative estimate of drug-likeness (QED) is 0.404. The lowest BCUT2D eigenvalue weighted by Crippen LogP contribution is -2.41. The van der Waals surface area contributed by atoms with Crippen LogP contribution < -0.4 is 5.32 Å². The van der Waals surface area contributed by atoms with Crippen molar-refractivity contribution in [3.05, 3.63) is 65.0 Å². The third kappa shape index (κ3) is 5.70. The van der Waals surface area contributed by atoms with Crippen molar-refractivity contribution in [2.75, 3.05) is 6.26 Å². The van der Waals surface area contributed by atoms with Gasteiger partial charge in [0.25, 0.3) is 0 Å². The first-order valence-electron chi connectivity index (χ1n) is 10.5. The molecule has 1 amide bonds. The Morgan fingerprint density at radius 3 is 2.35 bits per heavy atom. The second-order valence-corrected chi connectivity index (χ2v) is 8.45. The summed E-state index contributed by atoms with van der Waals surface area (Å²) in [6, 6.07) is 8.12. The van der Waals surface area contributed by atoms with E-state index in [0.717, 1.165) is 34.1 Å². The average molecular weight is 439 g/mol. The van der Waals surface area contributed by atoms with Crippen LogP contribution in [0, 0.1) is 20.8 Å². The lowest BCUT2D eigenvalue weighted by molar-refractivity contribution is -0.122. The third-order valence-corrected chi connectivity index (χ3v) is 6.04. The highest BCUT2D eigenvalue weighted by Gasteiger charge is 2.26. The molecule has 1 N–H and O–H groups in total. The molecule has 164 valence electrons. The predicted molar refractivity (Wildman–Crippen MR) is 123 cm³/mol. The summed E-state index contributed by atoms with van der Waals surface area (Å²) in [5, 5.41) is 8.35. The summed E-state index contributed by atoms with van der Waals surface area (Å²) in [6.07, 6.45) is 6.97. The molecule has 2 aromatic heterocycles. The third-order valence-electron chi connectivity index (χ3n) is 5.49. The molecule has 7 nitrogen and oxygen atoms in total. The molecular weight excluding hydrogens is 408 g/mol. The predicted octanol–water partition coefficient (Wildman–Crippen LogP) is 3.83. The maximum absolute atomic E-state index is 12.9. The number of rotatable bonds is 9. The van der Waals surface area contributed by atoms with Crippen LogP contribution in [0.3, 0.4) is 0 Å². The molecule has 31 heavy (non-hydrogen) atoms. The number of nitrogens with zero attached hydrogens (tertiary/aromatic N) is 5. The van der Waals surface area contributed by atoms with Gasteiger partial charge >= 0.3 is 0 Å². The summed E-state index contributed by atoms with van der Waals surface area (Å²) in [6.45, 7) is 8.10. The summed E-state index contributed by atoms with van der Waals surface area (Å²) in [5.74, 6) is 0.0109. The molecule has 3 aromatic rings. The molecule has 0 aliphatic carbocycles. The number of carbonyl (C=O) groups excluding carboxylic acids is 1. The molecule has 0 saturated carbocycles. The summed E-state index contributed by atoms with van der Waals surface area (Å²) in [5.41, 5.74) is 5.22. The number of carbonyl (C=O) groups is 1. The zero-order valence-electron chi connectivity index (χ0n) is 18.8. The van der Waals surface area contributed by atoms with Gasteiger partial charge in [0, 0.05) is 17.8 Å². The van der Waals surface area contributed by atoms with Crippen molar-refractivity contribution in [1.82, 2.24) is 30.0 Å². The van der Waals surface area contributed by atoms with Gasteiger partial charge in [0.1, 0.15) is 12.7 Å². The number of amides is 1.